The lowest BCUT2D eigenvalue weighted by atomic mass is 10.2. The van der Waals surface area contributed by atoms with Gasteiger partial charge in [-0.15, -0.1) is 0 Å². The minimum absolute atomic E-state index is 0.399. The van der Waals surface area contributed by atoms with Gasteiger partial charge in [-0.2, -0.15) is 4.98 Å². The fraction of sp³-hybridized carbons (Fsp3) is 0.333. The summed E-state index contributed by atoms with van der Waals surface area (Å²) in [5.74, 6) is 0.778. The zero-order valence-electron chi connectivity index (χ0n) is 13.9. The first-order valence-corrected chi connectivity index (χ1v) is 8.54. The molecule has 2 heterocycles. The largest absolute Gasteiger partial charge is 0.462 e. The van der Waals surface area contributed by atoms with Crippen molar-refractivity contribution in [2.24, 2.45) is 0 Å². The van der Waals surface area contributed by atoms with Gasteiger partial charge in [0, 0.05) is 35.4 Å². The molecule has 1 aromatic carbocycles. The summed E-state index contributed by atoms with van der Waals surface area (Å²) in [6, 6.07) is 10.1. The van der Waals surface area contributed by atoms with Crippen LogP contribution in [0.1, 0.15) is 13.8 Å². The SMILES string of the molecule is CCN(CC)CCOc1nccc(-n2ccc3cc(Cl)ccc32)n1. The number of aromatic nitrogens is 3. The fourth-order valence-corrected chi connectivity index (χ4v) is 2.84. The van der Waals surface area contributed by atoms with Gasteiger partial charge in [-0.25, -0.2) is 4.98 Å². The van der Waals surface area contributed by atoms with Gasteiger partial charge in [0.05, 0.1) is 5.52 Å². The van der Waals surface area contributed by atoms with Crippen molar-refractivity contribution in [2.45, 2.75) is 13.8 Å². The predicted molar refractivity (Wildman–Crippen MR) is 97.2 cm³/mol. The van der Waals surface area contributed by atoms with E-state index in [1.165, 1.54) is 0 Å². The Morgan fingerprint density at radius 3 is 2.79 bits per heavy atom. The predicted octanol–water partition coefficient (Wildman–Crippen LogP) is 3.79. The third-order valence-corrected chi connectivity index (χ3v) is 4.29. The zero-order valence-corrected chi connectivity index (χ0v) is 14.7. The lowest BCUT2D eigenvalue weighted by Crippen LogP contribution is -2.28. The maximum Gasteiger partial charge on any atom is 0.318 e. The summed E-state index contributed by atoms with van der Waals surface area (Å²) in [6.07, 6.45) is 3.69. The van der Waals surface area contributed by atoms with Crippen molar-refractivity contribution in [1.29, 1.82) is 0 Å². The van der Waals surface area contributed by atoms with Crippen molar-refractivity contribution < 1.29 is 4.74 Å². The molecule has 0 saturated heterocycles. The fourth-order valence-electron chi connectivity index (χ4n) is 2.65. The van der Waals surface area contributed by atoms with Crippen LogP contribution in [-0.2, 0) is 0 Å². The van der Waals surface area contributed by atoms with Gasteiger partial charge >= 0.3 is 6.01 Å². The number of halogens is 1. The molecule has 0 amide bonds. The van der Waals surface area contributed by atoms with E-state index in [1.54, 1.807) is 6.20 Å². The molecule has 0 bridgehead atoms. The van der Waals surface area contributed by atoms with E-state index in [0.717, 1.165) is 41.4 Å². The molecule has 3 rings (SSSR count). The van der Waals surface area contributed by atoms with Crippen molar-refractivity contribution >= 4 is 22.5 Å². The van der Waals surface area contributed by atoms with E-state index >= 15 is 0 Å². The molecule has 0 saturated carbocycles. The summed E-state index contributed by atoms with van der Waals surface area (Å²) >= 11 is 6.05. The van der Waals surface area contributed by atoms with E-state index in [1.807, 2.05) is 41.1 Å². The molecule has 0 spiro atoms. The number of hydrogen-bond donors (Lipinski definition) is 0. The van der Waals surface area contributed by atoms with Gasteiger partial charge < -0.3 is 14.2 Å². The van der Waals surface area contributed by atoms with Crippen molar-refractivity contribution in [3.63, 3.8) is 0 Å². The van der Waals surface area contributed by atoms with Crippen molar-refractivity contribution in [1.82, 2.24) is 19.4 Å². The van der Waals surface area contributed by atoms with Gasteiger partial charge in [0.2, 0.25) is 0 Å². The van der Waals surface area contributed by atoms with Crippen molar-refractivity contribution in [3.05, 3.63) is 47.7 Å². The summed E-state index contributed by atoms with van der Waals surface area (Å²) in [5, 5.41) is 1.80. The molecule has 0 fully saturated rings. The number of likely N-dealkylation sites (N-methyl/N-ethyl adjacent to an activating group) is 1. The Hall–Kier alpha value is -2.11. The van der Waals surface area contributed by atoms with Crippen molar-refractivity contribution in [2.75, 3.05) is 26.2 Å². The van der Waals surface area contributed by atoms with Gasteiger partial charge in [-0.05, 0) is 37.4 Å². The van der Waals surface area contributed by atoms with Crippen LogP contribution in [0.15, 0.2) is 42.7 Å². The first kappa shape index (κ1) is 16.7. The minimum atomic E-state index is 0.399. The first-order valence-electron chi connectivity index (χ1n) is 8.16. The Labute approximate surface area is 146 Å². The first-order chi connectivity index (χ1) is 11.7. The van der Waals surface area contributed by atoms with Crippen LogP contribution < -0.4 is 4.74 Å². The molecule has 0 N–H and O–H groups in total. The number of hydrogen-bond acceptors (Lipinski definition) is 4. The van der Waals surface area contributed by atoms with Crippen LogP contribution in [0.3, 0.4) is 0 Å². The maximum absolute atomic E-state index is 6.05. The van der Waals surface area contributed by atoms with E-state index in [2.05, 4.69) is 28.7 Å². The average molecular weight is 345 g/mol. The van der Waals surface area contributed by atoms with E-state index in [4.69, 9.17) is 16.3 Å². The Kier molecular flexibility index (Phi) is 5.33. The van der Waals surface area contributed by atoms with Crippen LogP contribution in [0, 0.1) is 0 Å². The zero-order chi connectivity index (χ0) is 16.9. The smallest absolute Gasteiger partial charge is 0.318 e. The summed E-state index contributed by atoms with van der Waals surface area (Å²) in [6.45, 7) is 7.75. The van der Waals surface area contributed by atoms with Gasteiger partial charge in [0.15, 0.2) is 0 Å². The molecule has 126 valence electrons. The molecular formula is C18H21ClN4O. The quantitative estimate of drug-likeness (QED) is 0.654. The third kappa shape index (κ3) is 3.68. The standard InChI is InChI=1S/C18H21ClN4O/c1-3-22(4-2)11-12-24-18-20-9-7-17(21-18)23-10-8-14-13-15(19)5-6-16(14)23/h5-10,13H,3-4,11-12H2,1-2H3. The highest BCUT2D eigenvalue weighted by Crippen LogP contribution is 2.23. The Balaban J connectivity index is 1.77. The Bertz CT molecular complexity index is 814. The van der Waals surface area contributed by atoms with Crippen LogP contribution in [0.2, 0.25) is 5.02 Å². The Morgan fingerprint density at radius 1 is 1.17 bits per heavy atom. The number of nitrogens with zero attached hydrogens (tertiary/aromatic N) is 4. The van der Waals surface area contributed by atoms with Crippen molar-refractivity contribution in [3.8, 4) is 11.8 Å². The van der Waals surface area contributed by atoms with Gasteiger partial charge in [-0.3, -0.25) is 0 Å². The van der Waals surface area contributed by atoms with Gasteiger partial charge in [0.1, 0.15) is 12.4 Å². The number of fused-ring (bicyclic) bond motifs is 1. The summed E-state index contributed by atoms with van der Waals surface area (Å²) in [4.78, 5) is 11.0. The molecular weight excluding hydrogens is 324 g/mol. The number of ether oxygens (including phenoxy) is 1. The minimum Gasteiger partial charge on any atom is -0.462 e. The monoisotopic (exact) mass is 344 g/mol. The molecule has 0 aliphatic heterocycles. The molecule has 6 heteroatoms. The molecule has 5 nitrogen and oxygen atoms in total. The van der Waals surface area contributed by atoms with E-state index in [-0.39, 0.29) is 0 Å². The average Bonchev–Trinajstić information content (AvgIpc) is 3.02. The lowest BCUT2D eigenvalue weighted by Gasteiger charge is -2.17. The van der Waals surface area contributed by atoms with E-state index in [9.17, 15) is 0 Å². The topological polar surface area (TPSA) is 43.2 Å². The molecule has 0 radical (unpaired) electrons. The van der Waals surface area contributed by atoms with E-state index < -0.39 is 0 Å². The van der Waals surface area contributed by atoms with Crippen LogP contribution >= 0.6 is 11.6 Å². The van der Waals surface area contributed by atoms with E-state index in [0.29, 0.717) is 12.6 Å². The normalized spacial score (nSPS) is 11.3. The summed E-state index contributed by atoms with van der Waals surface area (Å²) in [7, 11) is 0. The Morgan fingerprint density at radius 2 is 2.00 bits per heavy atom. The van der Waals surface area contributed by atoms with Gasteiger partial charge in [0.25, 0.3) is 0 Å². The molecule has 0 unspecified atom stereocenters. The molecule has 0 aliphatic carbocycles. The third-order valence-electron chi connectivity index (χ3n) is 4.05. The summed E-state index contributed by atoms with van der Waals surface area (Å²) < 4.78 is 7.72. The molecule has 0 atom stereocenters. The van der Waals surface area contributed by atoms with Crippen LogP contribution in [0.5, 0.6) is 6.01 Å². The highest BCUT2D eigenvalue weighted by atomic mass is 35.5. The van der Waals surface area contributed by atoms with Gasteiger partial charge in [-0.1, -0.05) is 25.4 Å². The summed E-state index contributed by atoms with van der Waals surface area (Å²) in [5.41, 5.74) is 1.05. The highest BCUT2D eigenvalue weighted by molar-refractivity contribution is 6.31. The van der Waals surface area contributed by atoms with Crippen LogP contribution in [0.4, 0.5) is 0 Å². The second-order valence-electron chi connectivity index (χ2n) is 5.46. The van der Waals surface area contributed by atoms with Crippen LogP contribution in [0.25, 0.3) is 16.7 Å². The molecule has 3 aromatic rings. The lowest BCUT2D eigenvalue weighted by molar-refractivity contribution is 0.212. The highest BCUT2D eigenvalue weighted by Gasteiger charge is 2.07. The number of rotatable bonds is 7. The number of benzene rings is 1. The second-order valence-corrected chi connectivity index (χ2v) is 5.90. The molecule has 0 aliphatic rings. The second kappa shape index (κ2) is 7.64. The molecule has 24 heavy (non-hydrogen) atoms. The van der Waals surface area contributed by atoms with Crippen LogP contribution in [-0.4, -0.2) is 45.7 Å². The molecule has 2 aromatic heterocycles. The maximum atomic E-state index is 6.05.